The predicted molar refractivity (Wildman–Crippen MR) is 67.2 cm³/mol. The summed E-state index contributed by atoms with van der Waals surface area (Å²) in [6, 6.07) is 2.12. The van der Waals surface area contributed by atoms with E-state index in [9.17, 15) is 4.79 Å². The molecule has 0 spiro atoms. The molecule has 1 aromatic heterocycles. The lowest BCUT2D eigenvalue weighted by molar-refractivity contribution is -0.140. The number of amides is 1. The van der Waals surface area contributed by atoms with Crippen molar-refractivity contribution in [1.82, 2.24) is 4.90 Å². The number of hydrogen-bond acceptors (Lipinski definition) is 3. The van der Waals surface area contributed by atoms with Gasteiger partial charge in [0.15, 0.2) is 0 Å². The highest BCUT2D eigenvalue weighted by Gasteiger charge is 2.36. The van der Waals surface area contributed by atoms with Crippen LogP contribution in [0.2, 0.25) is 0 Å². The summed E-state index contributed by atoms with van der Waals surface area (Å²) in [6.45, 7) is 1.69. The number of carbonyl (C=O) groups excluding carboxylic acids is 1. The van der Waals surface area contributed by atoms with Gasteiger partial charge in [0, 0.05) is 30.5 Å². The molecule has 1 atom stereocenters. The highest BCUT2D eigenvalue weighted by Crippen LogP contribution is 2.37. The lowest BCUT2D eigenvalue weighted by Gasteiger charge is -2.40. The number of thiophene rings is 1. The van der Waals surface area contributed by atoms with Crippen molar-refractivity contribution in [1.29, 1.82) is 0 Å². The Morgan fingerprint density at radius 1 is 1.53 bits per heavy atom. The first kappa shape index (κ1) is 11.2. The summed E-state index contributed by atoms with van der Waals surface area (Å²) >= 11 is 1.78. The van der Waals surface area contributed by atoms with Gasteiger partial charge in [0.2, 0.25) is 5.91 Å². The molecule has 1 aliphatic heterocycles. The molecular weight excluding hydrogens is 234 g/mol. The molecular formula is C13H17NO2S. The Bertz CT molecular complexity index is 423. The van der Waals surface area contributed by atoms with Crippen molar-refractivity contribution in [2.75, 3.05) is 19.7 Å². The number of aryl methyl sites for hydroxylation is 1. The molecule has 1 unspecified atom stereocenters. The Morgan fingerprint density at radius 2 is 2.35 bits per heavy atom. The fourth-order valence-electron chi connectivity index (χ4n) is 2.83. The van der Waals surface area contributed by atoms with Crippen molar-refractivity contribution in [3.8, 4) is 0 Å². The zero-order valence-corrected chi connectivity index (χ0v) is 10.6. The van der Waals surface area contributed by atoms with E-state index in [0.717, 1.165) is 32.4 Å². The largest absolute Gasteiger partial charge is 0.396 e. The van der Waals surface area contributed by atoms with Gasteiger partial charge >= 0.3 is 0 Å². The number of rotatable bonds is 2. The fraction of sp³-hybridized carbons (Fsp3) is 0.615. The Hall–Kier alpha value is -0.870. The highest BCUT2D eigenvalue weighted by molar-refractivity contribution is 7.10. The number of nitrogens with zero attached hydrogens (tertiary/aromatic N) is 1. The first-order valence-electron chi connectivity index (χ1n) is 6.25. The Labute approximate surface area is 105 Å². The van der Waals surface area contributed by atoms with Crippen molar-refractivity contribution in [2.24, 2.45) is 5.92 Å². The number of hydrogen-bond donors (Lipinski definition) is 1. The van der Waals surface area contributed by atoms with Gasteiger partial charge in [0.05, 0.1) is 5.92 Å². The van der Waals surface area contributed by atoms with E-state index in [1.807, 2.05) is 4.90 Å². The third-order valence-corrected chi connectivity index (χ3v) is 4.87. The van der Waals surface area contributed by atoms with Crippen LogP contribution in [0.1, 0.15) is 29.2 Å². The van der Waals surface area contributed by atoms with Gasteiger partial charge in [-0.1, -0.05) is 0 Å². The molecule has 1 aliphatic carbocycles. The zero-order valence-electron chi connectivity index (χ0n) is 9.76. The molecule has 3 nitrogen and oxygen atoms in total. The molecule has 0 saturated carbocycles. The maximum absolute atomic E-state index is 12.4. The average molecular weight is 251 g/mol. The highest BCUT2D eigenvalue weighted by atomic mass is 32.1. The molecule has 0 aromatic carbocycles. The van der Waals surface area contributed by atoms with Crippen molar-refractivity contribution in [3.63, 3.8) is 0 Å². The van der Waals surface area contributed by atoms with Crippen molar-refractivity contribution in [3.05, 3.63) is 21.9 Å². The van der Waals surface area contributed by atoms with E-state index in [4.69, 9.17) is 5.11 Å². The second kappa shape index (κ2) is 4.42. The molecule has 1 N–H and O–H groups in total. The summed E-state index contributed by atoms with van der Waals surface area (Å²) in [5.74, 6) is 0.670. The second-order valence-corrected chi connectivity index (χ2v) is 6.04. The monoisotopic (exact) mass is 251 g/mol. The maximum atomic E-state index is 12.4. The number of fused-ring (bicyclic) bond motifs is 1. The molecule has 1 amide bonds. The molecule has 1 saturated heterocycles. The van der Waals surface area contributed by atoms with Gasteiger partial charge in [0.1, 0.15) is 0 Å². The average Bonchev–Trinajstić information content (AvgIpc) is 2.74. The quantitative estimate of drug-likeness (QED) is 0.867. The summed E-state index contributed by atoms with van der Waals surface area (Å²) in [6.07, 6.45) is 3.25. The fourth-order valence-corrected chi connectivity index (χ4v) is 3.82. The van der Waals surface area contributed by atoms with E-state index in [2.05, 4.69) is 11.4 Å². The van der Waals surface area contributed by atoms with Crippen LogP contribution in [0.3, 0.4) is 0 Å². The third-order valence-electron chi connectivity index (χ3n) is 3.88. The van der Waals surface area contributed by atoms with Gasteiger partial charge in [-0.3, -0.25) is 4.79 Å². The maximum Gasteiger partial charge on any atom is 0.230 e. The number of aliphatic hydroxyl groups is 1. The lowest BCUT2D eigenvalue weighted by Crippen LogP contribution is -2.53. The van der Waals surface area contributed by atoms with Crippen LogP contribution in [0.4, 0.5) is 0 Å². The van der Waals surface area contributed by atoms with Crippen LogP contribution in [-0.4, -0.2) is 35.6 Å². The summed E-state index contributed by atoms with van der Waals surface area (Å²) in [5.41, 5.74) is 1.26. The minimum atomic E-state index is 0.0876. The van der Waals surface area contributed by atoms with Gasteiger partial charge < -0.3 is 10.0 Å². The standard InChI is InChI=1S/C13H17NO2S/c15-8-9-6-14(7-9)13(16)11-2-1-3-12-10(11)4-5-17-12/h4-5,9,11,15H,1-3,6-8H2. The van der Waals surface area contributed by atoms with Gasteiger partial charge in [0.25, 0.3) is 0 Å². The molecule has 17 heavy (non-hydrogen) atoms. The van der Waals surface area contributed by atoms with Crippen LogP contribution < -0.4 is 0 Å². The van der Waals surface area contributed by atoms with E-state index >= 15 is 0 Å². The van der Waals surface area contributed by atoms with E-state index in [-0.39, 0.29) is 18.4 Å². The number of carbonyl (C=O) groups is 1. The second-order valence-electron chi connectivity index (χ2n) is 5.04. The van der Waals surface area contributed by atoms with Gasteiger partial charge in [-0.2, -0.15) is 0 Å². The van der Waals surface area contributed by atoms with Gasteiger partial charge in [-0.15, -0.1) is 11.3 Å². The Morgan fingerprint density at radius 3 is 3.12 bits per heavy atom. The van der Waals surface area contributed by atoms with Crippen LogP contribution in [0.5, 0.6) is 0 Å². The van der Waals surface area contributed by atoms with E-state index < -0.39 is 0 Å². The summed E-state index contributed by atoms with van der Waals surface area (Å²) in [5, 5.41) is 11.1. The molecule has 0 bridgehead atoms. The van der Waals surface area contributed by atoms with E-state index in [0.29, 0.717) is 5.92 Å². The summed E-state index contributed by atoms with van der Waals surface area (Å²) in [7, 11) is 0. The topological polar surface area (TPSA) is 40.5 Å². The van der Waals surface area contributed by atoms with Gasteiger partial charge in [-0.05, 0) is 36.3 Å². The Kier molecular flexibility index (Phi) is 2.92. The summed E-state index contributed by atoms with van der Waals surface area (Å²) in [4.78, 5) is 15.6. The summed E-state index contributed by atoms with van der Waals surface area (Å²) < 4.78 is 0. The normalized spacial score (nSPS) is 24.3. The minimum Gasteiger partial charge on any atom is -0.396 e. The first-order valence-corrected chi connectivity index (χ1v) is 7.13. The molecule has 92 valence electrons. The predicted octanol–water partition coefficient (Wildman–Crippen LogP) is 1.62. The van der Waals surface area contributed by atoms with Gasteiger partial charge in [-0.25, -0.2) is 0 Å². The van der Waals surface area contributed by atoms with E-state index in [1.54, 1.807) is 11.3 Å². The van der Waals surface area contributed by atoms with Crippen molar-refractivity contribution < 1.29 is 9.90 Å². The van der Waals surface area contributed by atoms with E-state index in [1.165, 1.54) is 10.4 Å². The number of aliphatic hydroxyl groups excluding tert-OH is 1. The first-order chi connectivity index (χ1) is 8.29. The Balaban J connectivity index is 1.72. The number of likely N-dealkylation sites (tertiary alicyclic amines) is 1. The van der Waals surface area contributed by atoms with Crippen LogP contribution in [0.15, 0.2) is 11.4 Å². The molecule has 3 rings (SSSR count). The molecule has 1 fully saturated rings. The van der Waals surface area contributed by atoms with Crippen LogP contribution in [0.25, 0.3) is 0 Å². The minimum absolute atomic E-state index is 0.0876. The molecule has 0 radical (unpaired) electrons. The molecule has 2 heterocycles. The molecule has 4 heteroatoms. The molecule has 1 aromatic rings. The molecule has 2 aliphatic rings. The third kappa shape index (κ3) is 1.89. The van der Waals surface area contributed by atoms with Crippen molar-refractivity contribution in [2.45, 2.75) is 25.2 Å². The van der Waals surface area contributed by atoms with Crippen LogP contribution in [-0.2, 0) is 11.2 Å². The SMILES string of the molecule is O=C(C1CCCc2sccc21)N1CC(CO)C1. The lowest BCUT2D eigenvalue weighted by atomic mass is 9.85. The van der Waals surface area contributed by atoms with Crippen LogP contribution >= 0.6 is 11.3 Å². The van der Waals surface area contributed by atoms with Crippen LogP contribution in [0, 0.1) is 5.92 Å². The van der Waals surface area contributed by atoms with Crippen molar-refractivity contribution >= 4 is 17.2 Å². The smallest absolute Gasteiger partial charge is 0.230 e. The zero-order chi connectivity index (χ0) is 11.8.